The third-order valence-corrected chi connectivity index (χ3v) is 2.44. The summed E-state index contributed by atoms with van der Waals surface area (Å²) in [5.41, 5.74) is 0. The fourth-order valence-corrected chi connectivity index (χ4v) is 0.807. The van der Waals surface area contributed by atoms with E-state index in [1.807, 2.05) is 0 Å². The molecule has 0 aliphatic carbocycles. The Morgan fingerprint density at radius 1 is 1.44 bits per heavy atom. The van der Waals surface area contributed by atoms with Crippen molar-refractivity contribution in [1.29, 1.82) is 0 Å². The molecule has 1 unspecified atom stereocenters. The minimum atomic E-state index is 0.708. The number of halogens is 1. The number of hydrogen-bond donors (Lipinski definition) is 0. The second-order valence-electron chi connectivity index (χ2n) is 2.60. The summed E-state index contributed by atoms with van der Waals surface area (Å²) >= 11 is 3.58. The molecule has 0 saturated carbocycles. The quantitative estimate of drug-likeness (QED) is 0.619. The summed E-state index contributed by atoms with van der Waals surface area (Å²) in [5, 5.41) is 0. The molecule has 2 heteroatoms. The zero-order valence-electron chi connectivity index (χ0n) is 6.52. The van der Waals surface area contributed by atoms with Crippen LogP contribution in [0.25, 0.3) is 0 Å². The molecule has 0 aromatic carbocycles. The zero-order chi connectivity index (χ0) is 7.28. The SMILES string of the molecule is CCC(Br)CCN(C)C. The van der Waals surface area contributed by atoms with Gasteiger partial charge in [-0.1, -0.05) is 22.9 Å². The van der Waals surface area contributed by atoms with Crippen LogP contribution in [0.5, 0.6) is 0 Å². The van der Waals surface area contributed by atoms with E-state index in [1.54, 1.807) is 0 Å². The Labute approximate surface area is 66.6 Å². The molecule has 9 heavy (non-hydrogen) atoms. The van der Waals surface area contributed by atoms with Gasteiger partial charge in [0.2, 0.25) is 0 Å². The average molecular weight is 194 g/mol. The summed E-state index contributed by atoms with van der Waals surface area (Å²) in [4.78, 5) is 2.92. The lowest BCUT2D eigenvalue weighted by molar-refractivity contribution is 0.397. The van der Waals surface area contributed by atoms with Crippen molar-refractivity contribution < 1.29 is 0 Å². The second-order valence-corrected chi connectivity index (χ2v) is 3.89. The molecule has 0 rings (SSSR count). The molecule has 0 heterocycles. The Bertz CT molecular complexity index is 63.9. The predicted octanol–water partition coefficient (Wildman–Crippen LogP) is 2.11. The van der Waals surface area contributed by atoms with Gasteiger partial charge < -0.3 is 4.90 Å². The highest BCUT2D eigenvalue weighted by atomic mass is 79.9. The smallest absolute Gasteiger partial charge is 0.0155 e. The second kappa shape index (κ2) is 5.24. The van der Waals surface area contributed by atoms with Crippen molar-refractivity contribution in [2.24, 2.45) is 0 Å². The molecule has 0 fully saturated rings. The maximum absolute atomic E-state index is 3.58. The molecule has 0 spiro atoms. The largest absolute Gasteiger partial charge is 0.309 e. The Balaban J connectivity index is 3.06. The lowest BCUT2D eigenvalue weighted by Crippen LogP contribution is -2.16. The summed E-state index contributed by atoms with van der Waals surface area (Å²) in [7, 11) is 4.21. The monoisotopic (exact) mass is 193 g/mol. The molecule has 0 aliphatic rings. The lowest BCUT2D eigenvalue weighted by Gasteiger charge is -2.11. The van der Waals surface area contributed by atoms with E-state index in [2.05, 4.69) is 41.8 Å². The first-order valence-electron chi connectivity index (χ1n) is 3.45. The Hall–Kier alpha value is 0.440. The van der Waals surface area contributed by atoms with Crippen molar-refractivity contribution in [2.75, 3.05) is 20.6 Å². The van der Waals surface area contributed by atoms with Gasteiger partial charge in [-0.25, -0.2) is 0 Å². The van der Waals surface area contributed by atoms with Crippen molar-refractivity contribution in [2.45, 2.75) is 24.6 Å². The first kappa shape index (κ1) is 9.44. The minimum Gasteiger partial charge on any atom is -0.309 e. The van der Waals surface area contributed by atoms with E-state index in [-0.39, 0.29) is 0 Å². The molecule has 0 radical (unpaired) electrons. The van der Waals surface area contributed by atoms with E-state index in [1.165, 1.54) is 19.4 Å². The minimum absolute atomic E-state index is 0.708. The Morgan fingerprint density at radius 2 is 2.00 bits per heavy atom. The van der Waals surface area contributed by atoms with Gasteiger partial charge in [0, 0.05) is 4.83 Å². The lowest BCUT2D eigenvalue weighted by atomic mass is 10.2. The van der Waals surface area contributed by atoms with Crippen molar-refractivity contribution in [3.05, 3.63) is 0 Å². The molecular weight excluding hydrogens is 178 g/mol. The molecule has 0 N–H and O–H groups in total. The molecule has 0 aromatic heterocycles. The van der Waals surface area contributed by atoms with Crippen LogP contribution >= 0.6 is 15.9 Å². The van der Waals surface area contributed by atoms with Crippen LogP contribution in [-0.4, -0.2) is 30.4 Å². The Morgan fingerprint density at radius 3 is 2.33 bits per heavy atom. The molecule has 0 aliphatic heterocycles. The third-order valence-electron chi connectivity index (χ3n) is 1.33. The van der Waals surface area contributed by atoms with Crippen LogP contribution in [0.3, 0.4) is 0 Å². The first-order chi connectivity index (χ1) is 4.16. The fraction of sp³-hybridized carbons (Fsp3) is 1.00. The van der Waals surface area contributed by atoms with Gasteiger partial charge in [0.25, 0.3) is 0 Å². The molecular formula is C7H16BrN. The van der Waals surface area contributed by atoms with Gasteiger partial charge in [-0.2, -0.15) is 0 Å². The van der Waals surface area contributed by atoms with Crippen molar-refractivity contribution in [3.63, 3.8) is 0 Å². The van der Waals surface area contributed by atoms with Gasteiger partial charge in [0.1, 0.15) is 0 Å². The standard InChI is InChI=1S/C7H16BrN/c1-4-7(8)5-6-9(2)3/h7H,4-6H2,1-3H3. The number of alkyl halides is 1. The van der Waals surface area contributed by atoms with Crippen LogP contribution < -0.4 is 0 Å². The fourth-order valence-electron chi connectivity index (χ4n) is 0.602. The highest BCUT2D eigenvalue weighted by Gasteiger charge is 1.99. The molecule has 0 aromatic rings. The molecule has 1 atom stereocenters. The van der Waals surface area contributed by atoms with Crippen molar-refractivity contribution in [3.8, 4) is 0 Å². The average Bonchev–Trinajstić information content (AvgIpc) is 1.83. The van der Waals surface area contributed by atoms with Crippen LogP contribution in [0.15, 0.2) is 0 Å². The van der Waals surface area contributed by atoms with Crippen LogP contribution in [0.1, 0.15) is 19.8 Å². The molecule has 0 saturated heterocycles. The first-order valence-corrected chi connectivity index (χ1v) is 4.37. The van der Waals surface area contributed by atoms with E-state index in [0.717, 1.165) is 0 Å². The van der Waals surface area contributed by atoms with Gasteiger partial charge in [-0.05, 0) is 33.5 Å². The summed E-state index contributed by atoms with van der Waals surface area (Å²) in [6.07, 6.45) is 2.48. The highest BCUT2D eigenvalue weighted by Crippen LogP contribution is 2.08. The summed E-state index contributed by atoms with van der Waals surface area (Å²) in [6.45, 7) is 3.39. The maximum Gasteiger partial charge on any atom is 0.0155 e. The maximum atomic E-state index is 3.58. The van der Waals surface area contributed by atoms with Gasteiger partial charge >= 0.3 is 0 Å². The van der Waals surface area contributed by atoms with Crippen molar-refractivity contribution >= 4 is 15.9 Å². The summed E-state index contributed by atoms with van der Waals surface area (Å²) in [6, 6.07) is 0. The van der Waals surface area contributed by atoms with Gasteiger partial charge in [0.15, 0.2) is 0 Å². The van der Waals surface area contributed by atoms with E-state index < -0.39 is 0 Å². The molecule has 0 amide bonds. The van der Waals surface area contributed by atoms with Gasteiger partial charge in [-0.3, -0.25) is 0 Å². The summed E-state index contributed by atoms with van der Waals surface area (Å²) < 4.78 is 0. The topological polar surface area (TPSA) is 3.24 Å². The summed E-state index contributed by atoms with van der Waals surface area (Å²) in [5.74, 6) is 0. The zero-order valence-corrected chi connectivity index (χ0v) is 8.11. The van der Waals surface area contributed by atoms with E-state index >= 15 is 0 Å². The van der Waals surface area contributed by atoms with Crippen LogP contribution in [0.4, 0.5) is 0 Å². The molecule has 1 nitrogen and oxygen atoms in total. The normalized spacial score (nSPS) is 14.3. The van der Waals surface area contributed by atoms with E-state index in [4.69, 9.17) is 0 Å². The van der Waals surface area contributed by atoms with Crippen molar-refractivity contribution in [1.82, 2.24) is 4.90 Å². The predicted molar refractivity (Wildman–Crippen MR) is 46.2 cm³/mol. The third kappa shape index (κ3) is 6.32. The van der Waals surface area contributed by atoms with Gasteiger partial charge in [0.05, 0.1) is 0 Å². The van der Waals surface area contributed by atoms with E-state index in [0.29, 0.717) is 4.83 Å². The van der Waals surface area contributed by atoms with Crippen LogP contribution in [0, 0.1) is 0 Å². The van der Waals surface area contributed by atoms with E-state index in [9.17, 15) is 0 Å². The molecule has 56 valence electrons. The molecule has 0 bridgehead atoms. The van der Waals surface area contributed by atoms with Gasteiger partial charge in [-0.15, -0.1) is 0 Å². The highest BCUT2D eigenvalue weighted by molar-refractivity contribution is 9.09. The van der Waals surface area contributed by atoms with Crippen LogP contribution in [-0.2, 0) is 0 Å². The number of rotatable bonds is 4. The van der Waals surface area contributed by atoms with Crippen LogP contribution in [0.2, 0.25) is 0 Å². The Kier molecular flexibility index (Phi) is 5.50. The number of nitrogens with zero attached hydrogens (tertiary/aromatic N) is 1. The number of hydrogen-bond acceptors (Lipinski definition) is 1.